The van der Waals surface area contributed by atoms with Crippen molar-refractivity contribution in [1.82, 2.24) is 20.3 Å². The quantitative estimate of drug-likeness (QED) is 0.294. The standard InChI is InChI=1S/C35H45N5O7S2/c1-5-24-18-35(24,32(43)38-49(45,46)27-14-15-27)37-30(41)28-19-39(25-12-10-22(11-13-25)23-16-17-48-20-23)21-40(28)31(42)29(34(2,3)4)36-33(44)47-26-8-6-7-9-26/h5,10-13,16-17,20,24,26-29H,1,6-9,14-15,18-19,21H2,2-4H3,(H,36,44)(H,37,41)(H,38,43)/t24-,28+,29-,35-/m1/s1. The fraction of sp³-hybridized carbons (Fsp3) is 0.543. The minimum absolute atomic E-state index is 0.0425. The average Bonchev–Trinajstić information content (AvgIpc) is 3.79. The van der Waals surface area contributed by atoms with E-state index in [0.29, 0.717) is 12.8 Å². The molecule has 6 rings (SSSR count). The first kappa shape index (κ1) is 34.9. The van der Waals surface area contributed by atoms with Gasteiger partial charge in [0.2, 0.25) is 21.8 Å². The summed E-state index contributed by atoms with van der Waals surface area (Å²) in [5.41, 5.74) is 0.654. The lowest BCUT2D eigenvalue weighted by molar-refractivity contribution is -0.142. The second-order valence-electron chi connectivity index (χ2n) is 14.7. The summed E-state index contributed by atoms with van der Waals surface area (Å²) in [7, 11) is -3.86. The summed E-state index contributed by atoms with van der Waals surface area (Å²) in [5, 5.41) is 9.06. The molecule has 0 spiro atoms. The number of hydrogen-bond acceptors (Lipinski definition) is 9. The summed E-state index contributed by atoms with van der Waals surface area (Å²) in [6.45, 7) is 9.42. The van der Waals surface area contributed by atoms with Crippen LogP contribution in [0.3, 0.4) is 0 Å². The van der Waals surface area contributed by atoms with Gasteiger partial charge in [0.15, 0.2) is 0 Å². The van der Waals surface area contributed by atoms with Crippen LogP contribution in [0.2, 0.25) is 0 Å². The third-order valence-corrected chi connectivity index (χ3v) is 12.5. The van der Waals surface area contributed by atoms with Crippen LogP contribution >= 0.6 is 11.3 Å². The molecule has 2 heterocycles. The van der Waals surface area contributed by atoms with E-state index in [2.05, 4.69) is 27.3 Å². The predicted molar refractivity (Wildman–Crippen MR) is 187 cm³/mol. The van der Waals surface area contributed by atoms with E-state index in [4.69, 9.17) is 4.74 Å². The van der Waals surface area contributed by atoms with Crippen molar-refractivity contribution in [3.8, 4) is 11.1 Å². The highest BCUT2D eigenvalue weighted by molar-refractivity contribution is 7.91. The number of sulfonamides is 1. The van der Waals surface area contributed by atoms with Gasteiger partial charge in [-0.1, -0.05) is 39.0 Å². The molecule has 3 saturated carbocycles. The Balaban J connectivity index is 1.26. The first-order valence-electron chi connectivity index (χ1n) is 16.9. The van der Waals surface area contributed by atoms with E-state index >= 15 is 0 Å². The van der Waals surface area contributed by atoms with Crippen molar-refractivity contribution in [3.05, 3.63) is 53.7 Å². The molecule has 12 nitrogen and oxygen atoms in total. The van der Waals surface area contributed by atoms with Crippen molar-refractivity contribution in [2.24, 2.45) is 11.3 Å². The van der Waals surface area contributed by atoms with Crippen molar-refractivity contribution < 1.29 is 32.3 Å². The molecule has 264 valence electrons. The van der Waals surface area contributed by atoms with E-state index in [0.717, 1.165) is 42.5 Å². The molecule has 1 aliphatic heterocycles. The highest BCUT2D eigenvalue weighted by atomic mass is 32.2. The highest BCUT2D eigenvalue weighted by Gasteiger charge is 2.62. The number of thiophene rings is 1. The number of alkyl carbamates (subject to hydrolysis) is 1. The molecule has 1 aromatic heterocycles. The first-order chi connectivity index (χ1) is 23.2. The van der Waals surface area contributed by atoms with Crippen LogP contribution in [0.1, 0.15) is 65.7 Å². The third kappa shape index (κ3) is 7.49. The van der Waals surface area contributed by atoms with Gasteiger partial charge < -0.3 is 25.2 Å². The van der Waals surface area contributed by atoms with Crippen molar-refractivity contribution >= 4 is 50.9 Å². The number of rotatable bonds is 11. The van der Waals surface area contributed by atoms with Crippen LogP contribution in [0, 0.1) is 11.3 Å². The zero-order valence-corrected chi connectivity index (χ0v) is 29.8. The van der Waals surface area contributed by atoms with Crippen LogP contribution in [-0.4, -0.2) is 79.3 Å². The third-order valence-electron chi connectivity index (χ3n) is 9.97. The van der Waals surface area contributed by atoms with Gasteiger partial charge in [0, 0.05) is 18.2 Å². The lowest BCUT2D eigenvalue weighted by Crippen LogP contribution is -2.60. The van der Waals surface area contributed by atoms with Gasteiger partial charge in [-0.3, -0.25) is 19.1 Å². The zero-order chi connectivity index (χ0) is 35.1. The summed E-state index contributed by atoms with van der Waals surface area (Å²) in [5.74, 6) is -2.36. The second-order valence-corrected chi connectivity index (χ2v) is 17.4. The summed E-state index contributed by atoms with van der Waals surface area (Å²) >= 11 is 1.60. The second kappa shape index (κ2) is 13.4. The Morgan fingerprint density at radius 3 is 2.31 bits per heavy atom. The van der Waals surface area contributed by atoms with Gasteiger partial charge in [-0.25, -0.2) is 13.2 Å². The Morgan fingerprint density at radius 2 is 1.73 bits per heavy atom. The fourth-order valence-corrected chi connectivity index (χ4v) is 8.75. The number of nitrogens with one attached hydrogen (secondary N) is 3. The Bertz CT molecular complexity index is 1700. The van der Waals surface area contributed by atoms with Gasteiger partial charge in [-0.15, -0.1) is 6.58 Å². The van der Waals surface area contributed by atoms with E-state index < -0.39 is 68.0 Å². The number of carbonyl (C=O) groups is 4. The molecule has 1 aromatic carbocycles. The van der Waals surface area contributed by atoms with Gasteiger partial charge in [0.05, 0.1) is 11.9 Å². The molecule has 4 amide bonds. The Labute approximate surface area is 291 Å². The van der Waals surface area contributed by atoms with Crippen LogP contribution in [-0.2, 0) is 29.1 Å². The van der Waals surface area contributed by atoms with Crippen LogP contribution < -0.4 is 20.3 Å². The highest BCUT2D eigenvalue weighted by Crippen LogP contribution is 2.45. The van der Waals surface area contributed by atoms with Crippen molar-refractivity contribution in [3.63, 3.8) is 0 Å². The number of anilines is 1. The number of amides is 4. The molecule has 1 saturated heterocycles. The number of benzene rings is 1. The molecule has 4 aliphatic rings. The number of carbonyl (C=O) groups excluding carboxylic acids is 4. The molecule has 4 fully saturated rings. The van der Waals surface area contributed by atoms with Crippen molar-refractivity contribution in [2.45, 2.75) is 94.7 Å². The van der Waals surface area contributed by atoms with E-state index in [1.807, 2.05) is 61.4 Å². The van der Waals surface area contributed by atoms with Gasteiger partial charge in [0.1, 0.15) is 23.7 Å². The van der Waals surface area contributed by atoms with Crippen LogP contribution in [0.4, 0.5) is 10.5 Å². The van der Waals surface area contributed by atoms with Gasteiger partial charge in [0.25, 0.3) is 5.91 Å². The largest absolute Gasteiger partial charge is 0.446 e. The maximum absolute atomic E-state index is 14.4. The normalized spacial score (nSPS) is 24.6. The van der Waals surface area contributed by atoms with Crippen molar-refractivity contribution in [2.75, 3.05) is 18.1 Å². The Kier molecular flexibility index (Phi) is 9.57. The molecular formula is C35H45N5O7S2. The molecule has 2 aromatic rings. The minimum Gasteiger partial charge on any atom is -0.446 e. The first-order valence-corrected chi connectivity index (χ1v) is 19.4. The maximum Gasteiger partial charge on any atom is 0.408 e. The van der Waals surface area contributed by atoms with Gasteiger partial charge in [-0.05, 0) is 90.4 Å². The molecule has 49 heavy (non-hydrogen) atoms. The molecular weight excluding hydrogens is 667 g/mol. The SMILES string of the molecule is C=C[C@@H]1C[C@]1(NC(=O)[C@@H]1CN(c2ccc(-c3ccsc3)cc2)CN1C(=O)[C@@H](NC(=O)OC1CCCC1)C(C)(C)C)C(=O)NS(=O)(=O)C1CC1. The van der Waals surface area contributed by atoms with E-state index in [1.54, 1.807) is 11.3 Å². The number of nitrogens with zero attached hydrogens (tertiary/aromatic N) is 2. The predicted octanol–water partition coefficient (Wildman–Crippen LogP) is 4.14. The summed E-state index contributed by atoms with van der Waals surface area (Å²) in [6, 6.07) is 7.77. The molecule has 0 bridgehead atoms. The molecule has 4 atom stereocenters. The summed E-state index contributed by atoms with van der Waals surface area (Å²) in [4.78, 5) is 58.4. The Morgan fingerprint density at radius 1 is 1.04 bits per heavy atom. The number of hydrogen-bond donors (Lipinski definition) is 3. The van der Waals surface area contributed by atoms with Gasteiger partial charge in [-0.2, -0.15) is 11.3 Å². The molecule has 3 N–H and O–H groups in total. The van der Waals surface area contributed by atoms with Crippen LogP contribution in [0.15, 0.2) is 53.7 Å². The van der Waals surface area contributed by atoms with Crippen LogP contribution in [0.5, 0.6) is 0 Å². The van der Waals surface area contributed by atoms with Crippen molar-refractivity contribution in [1.29, 1.82) is 0 Å². The summed E-state index contributed by atoms with van der Waals surface area (Å²) in [6.07, 6.45) is 5.30. The molecule has 14 heteroatoms. The molecule has 3 aliphatic carbocycles. The smallest absolute Gasteiger partial charge is 0.408 e. The molecule has 0 radical (unpaired) electrons. The van der Waals surface area contributed by atoms with Crippen LogP contribution in [0.25, 0.3) is 11.1 Å². The fourth-order valence-electron chi connectivity index (χ4n) is 6.72. The summed E-state index contributed by atoms with van der Waals surface area (Å²) < 4.78 is 33.1. The van der Waals surface area contributed by atoms with E-state index in [1.165, 1.54) is 11.0 Å². The zero-order valence-electron chi connectivity index (χ0n) is 28.1. The minimum atomic E-state index is -3.86. The van der Waals surface area contributed by atoms with E-state index in [9.17, 15) is 27.6 Å². The lowest BCUT2D eigenvalue weighted by Gasteiger charge is -2.35. The topological polar surface area (TPSA) is 154 Å². The van der Waals surface area contributed by atoms with E-state index in [-0.39, 0.29) is 25.7 Å². The molecule has 0 unspecified atom stereocenters. The monoisotopic (exact) mass is 711 g/mol. The maximum atomic E-state index is 14.4. The lowest BCUT2D eigenvalue weighted by atomic mass is 9.85. The average molecular weight is 712 g/mol. The Hall–Kier alpha value is -3.91. The number of ether oxygens (including phenoxy) is 1. The van der Waals surface area contributed by atoms with Gasteiger partial charge >= 0.3 is 6.09 Å².